The van der Waals surface area contributed by atoms with Gasteiger partial charge in [-0.2, -0.15) is 0 Å². The maximum Gasteiger partial charge on any atom is 0.227 e. The molecule has 1 saturated heterocycles. The van der Waals surface area contributed by atoms with Gasteiger partial charge in [-0.25, -0.2) is 0 Å². The van der Waals surface area contributed by atoms with E-state index in [0.29, 0.717) is 37.4 Å². The van der Waals surface area contributed by atoms with Crippen LogP contribution in [0.4, 0.5) is 0 Å². The highest BCUT2D eigenvalue weighted by molar-refractivity contribution is 6.30. The van der Waals surface area contributed by atoms with Crippen LogP contribution in [-0.2, 0) is 16.0 Å². The van der Waals surface area contributed by atoms with Crippen molar-refractivity contribution in [3.63, 3.8) is 0 Å². The molecule has 1 amide bonds. The topological polar surface area (TPSA) is 37.4 Å². The van der Waals surface area contributed by atoms with Gasteiger partial charge in [-0.15, -0.1) is 0 Å². The Labute approximate surface area is 105 Å². The van der Waals surface area contributed by atoms with E-state index in [4.69, 9.17) is 11.6 Å². The molecule has 1 aliphatic heterocycles. The van der Waals surface area contributed by atoms with E-state index in [1.165, 1.54) is 0 Å². The second kappa shape index (κ2) is 5.32. The lowest BCUT2D eigenvalue weighted by Gasteiger charge is -2.26. The number of hydrogen-bond donors (Lipinski definition) is 0. The molecule has 0 spiro atoms. The highest BCUT2D eigenvalue weighted by Gasteiger charge is 2.20. The van der Waals surface area contributed by atoms with Crippen molar-refractivity contribution in [3.8, 4) is 0 Å². The van der Waals surface area contributed by atoms with Gasteiger partial charge < -0.3 is 4.90 Å². The molecule has 4 heteroatoms. The normalized spacial score (nSPS) is 16.1. The van der Waals surface area contributed by atoms with Gasteiger partial charge in [0.2, 0.25) is 5.91 Å². The molecule has 1 aliphatic rings. The first-order valence-electron chi connectivity index (χ1n) is 5.69. The number of carbonyl (C=O) groups is 2. The fourth-order valence-electron chi connectivity index (χ4n) is 1.89. The molecule has 2 rings (SSSR count). The van der Waals surface area contributed by atoms with Crippen LogP contribution in [0.3, 0.4) is 0 Å². The van der Waals surface area contributed by atoms with Crippen LogP contribution < -0.4 is 0 Å². The molecule has 1 fully saturated rings. The summed E-state index contributed by atoms with van der Waals surface area (Å²) in [6.07, 6.45) is 1.37. The zero-order valence-electron chi connectivity index (χ0n) is 9.49. The van der Waals surface area contributed by atoms with Crippen molar-refractivity contribution < 1.29 is 9.59 Å². The first-order chi connectivity index (χ1) is 8.15. The van der Waals surface area contributed by atoms with Crippen molar-refractivity contribution in [2.24, 2.45) is 0 Å². The molecule has 0 N–H and O–H groups in total. The van der Waals surface area contributed by atoms with Gasteiger partial charge in [-0.05, 0) is 17.7 Å². The summed E-state index contributed by atoms with van der Waals surface area (Å²) in [5, 5.41) is 0.671. The number of rotatable bonds is 2. The Hall–Kier alpha value is -1.35. The van der Waals surface area contributed by atoms with Gasteiger partial charge in [-0.1, -0.05) is 23.7 Å². The van der Waals surface area contributed by atoms with Crippen LogP contribution in [0.15, 0.2) is 24.3 Å². The highest BCUT2D eigenvalue weighted by Crippen LogP contribution is 2.12. The maximum absolute atomic E-state index is 11.9. The van der Waals surface area contributed by atoms with Crippen LogP contribution in [0.25, 0.3) is 0 Å². The SMILES string of the molecule is O=C1CCN(C(=O)Cc2ccc(Cl)cc2)CC1. The monoisotopic (exact) mass is 251 g/mol. The number of halogens is 1. The Bertz CT molecular complexity index is 418. The Morgan fingerprint density at radius 3 is 2.35 bits per heavy atom. The van der Waals surface area contributed by atoms with Crippen LogP contribution in [0, 0.1) is 0 Å². The molecule has 3 nitrogen and oxygen atoms in total. The number of benzene rings is 1. The predicted molar refractivity (Wildman–Crippen MR) is 66.0 cm³/mol. The summed E-state index contributed by atoms with van der Waals surface area (Å²) in [5.41, 5.74) is 0.955. The lowest BCUT2D eigenvalue weighted by molar-refractivity contribution is -0.133. The lowest BCUT2D eigenvalue weighted by Crippen LogP contribution is -2.39. The number of ketones is 1. The number of hydrogen-bond acceptors (Lipinski definition) is 2. The minimum atomic E-state index is 0.0832. The molecule has 0 unspecified atom stereocenters. The number of piperidine rings is 1. The highest BCUT2D eigenvalue weighted by atomic mass is 35.5. The molecule has 0 bridgehead atoms. The van der Waals surface area contributed by atoms with Crippen LogP contribution in [0.2, 0.25) is 5.02 Å². The third kappa shape index (κ3) is 3.30. The fraction of sp³-hybridized carbons (Fsp3) is 0.385. The van der Waals surface area contributed by atoms with E-state index in [9.17, 15) is 9.59 Å². The average molecular weight is 252 g/mol. The summed E-state index contributed by atoms with van der Waals surface area (Å²) >= 11 is 5.78. The summed E-state index contributed by atoms with van der Waals surface area (Å²) in [6.45, 7) is 1.12. The molecular weight excluding hydrogens is 238 g/mol. The van der Waals surface area contributed by atoms with Crippen molar-refractivity contribution in [2.45, 2.75) is 19.3 Å². The number of likely N-dealkylation sites (tertiary alicyclic amines) is 1. The van der Waals surface area contributed by atoms with Crippen molar-refractivity contribution >= 4 is 23.3 Å². The maximum atomic E-state index is 11.9. The van der Waals surface area contributed by atoms with Crippen molar-refractivity contribution in [1.82, 2.24) is 4.90 Å². The van der Waals surface area contributed by atoms with Crippen LogP contribution in [0.5, 0.6) is 0 Å². The lowest BCUT2D eigenvalue weighted by atomic mass is 10.1. The molecule has 1 aromatic rings. The summed E-state index contributed by atoms with van der Waals surface area (Å²) in [4.78, 5) is 24.8. The molecule has 0 saturated carbocycles. The van der Waals surface area contributed by atoms with E-state index in [-0.39, 0.29) is 11.7 Å². The van der Waals surface area contributed by atoms with E-state index in [1.54, 1.807) is 17.0 Å². The minimum Gasteiger partial charge on any atom is -0.342 e. The van der Waals surface area contributed by atoms with Gasteiger partial charge in [0.1, 0.15) is 5.78 Å². The van der Waals surface area contributed by atoms with E-state index in [2.05, 4.69) is 0 Å². The predicted octanol–water partition coefficient (Wildman–Crippen LogP) is 2.07. The average Bonchev–Trinajstić information content (AvgIpc) is 2.33. The van der Waals surface area contributed by atoms with Crippen LogP contribution >= 0.6 is 11.6 Å². The number of carbonyl (C=O) groups excluding carboxylic acids is 2. The minimum absolute atomic E-state index is 0.0832. The quantitative estimate of drug-likeness (QED) is 0.807. The van der Waals surface area contributed by atoms with Crippen molar-refractivity contribution in [1.29, 1.82) is 0 Å². The van der Waals surface area contributed by atoms with Crippen molar-refractivity contribution in [3.05, 3.63) is 34.9 Å². The van der Waals surface area contributed by atoms with Gasteiger partial charge in [0.15, 0.2) is 0 Å². The molecular formula is C13H14ClNO2. The molecule has 0 atom stereocenters. The molecule has 1 heterocycles. The third-order valence-corrected chi connectivity index (χ3v) is 3.19. The first kappa shape index (κ1) is 12.1. The molecule has 17 heavy (non-hydrogen) atoms. The second-order valence-electron chi connectivity index (χ2n) is 4.22. The zero-order valence-corrected chi connectivity index (χ0v) is 10.2. The number of Topliss-reactive ketones (excluding diaryl/α,β-unsaturated/α-hetero) is 1. The zero-order chi connectivity index (χ0) is 12.3. The first-order valence-corrected chi connectivity index (χ1v) is 6.07. The van der Waals surface area contributed by atoms with Crippen LogP contribution in [-0.4, -0.2) is 29.7 Å². The van der Waals surface area contributed by atoms with Gasteiger partial charge in [-0.3, -0.25) is 9.59 Å². The Balaban J connectivity index is 1.92. The fourth-order valence-corrected chi connectivity index (χ4v) is 2.02. The van der Waals surface area contributed by atoms with Gasteiger partial charge in [0.05, 0.1) is 6.42 Å². The molecule has 0 radical (unpaired) electrons. The van der Waals surface area contributed by atoms with Gasteiger partial charge >= 0.3 is 0 Å². The van der Waals surface area contributed by atoms with Gasteiger partial charge in [0.25, 0.3) is 0 Å². The van der Waals surface area contributed by atoms with E-state index >= 15 is 0 Å². The Morgan fingerprint density at radius 2 is 1.76 bits per heavy atom. The van der Waals surface area contributed by atoms with Gasteiger partial charge in [0, 0.05) is 31.0 Å². The number of amides is 1. The largest absolute Gasteiger partial charge is 0.342 e. The third-order valence-electron chi connectivity index (χ3n) is 2.94. The summed E-state index contributed by atoms with van der Waals surface area (Å²) in [7, 11) is 0. The molecule has 90 valence electrons. The Morgan fingerprint density at radius 1 is 1.18 bits per heavy atom. The van der Waals surface area contributed by atoms with Crippen LogP contribution in [0.1, 0.15) is 18.4 Å². The smallest absolute Gasteiger partial charge is 0.227 e. The number of nitrogens with zero attached hydrogens (tertiary/aromatic N) is 1. The molecule has 0 aliphatic carbocycles. The standard InChI is InChI=1S/C13H14ClNO2/c14-11-3-1-10(2-4-11)9-13(17)15-7-5-12(16)6-8-15/h1-4H,5-9H2. The second-order valence-corrected chi connectivity index (χ2v) is 4.66. The van der Waals surface area contributed by atoms with E-state index in [1.807, 2.05) is 12.1 Å². The summed E-state index contributed by atoms with van der Waals surface area (Å²) in [6, 6.07) is 7.28. The Kier molecular flexibility index (Phi) is 3.79. The molecule has 1 aromatic carbocycles. The van der Waals surface area contributed by atoms with E-state index < -0.39 is 0 Å². The molecule has 0 aromatic heterocycles. The summed E-state index contributed by atoms with van der Waals surface area (Å²) < 4.78 is 0. The van der Waals surface area contributed by atoms with E-state index in [0.717, 1.165) is 5.56 Å². The van der Waals surface area contributed by atoms with Crippen molar-refractivity contribution in [2.75, 3.05) is 13.1 Å². The summed E-state index contributed by atoms with van der Waals surface area (Å²) in [5.74, 6) is 0.334.